The zero-order chi connectivity index (χ0) is 15.6. The van der Waals surface area contributed by atoms with Crippen LogP contribution in [0.5, 0.6) is 0 Å². The maximum atomic E-state index is 13.6. The molecule has 0 bridgehead atoms. The van der Waals surface area contributed by atoms with Crippen LogP contribution in [0.1, 0.15) is 30.9 Å². The van der Waals surface area contributed by atoms with Crippen LogP contribution in [0.2, 0.25) is 0 Å². The van der Waals surface area contributed by atoms with Crippen LogP contribution in [0.4, 0.5) is 14.9 Å². The predicted octanol–water partition coefficient (Wildman–Crippen LogP) is 4.20. The van der Waals surface area contributed by atoms with Gasteiger partial charge in [-0.2, -0.15) is 0 Å². The van der Waals surface area contributed by atoms with Crippen molar-refractivity contribution in [2.45, 2.75) is 31.7 Å². The molecule has 0 aromatic heterocycles. The highest BCUT2D eigenvalue weighted by atomic mass is 19.1. The van der Waals surface area contributed by atoms with Gasteiger partial charge in [-0.25, -0.2) is 9.18 Å². The van der Waals surface area contributed by atoms with Gasteiger partial charge in [0.1, 0.15) is 5.82 Å². The molecule has 2 aromatic rings. The highest BCUT2D eigenvalue weighted by molar-refractivity contribution is 5.90. The molecular weight excluding hydrogens is 279 g/mol. The maximum absolute atomic E-state index is 13.6. The van der Waals surface area contributed by atoms with E-state index >= 15 is 0 Å². The van der Waals surface area contributed by atoms with Gasteiger partial charge >= 0.3 is 6.03 Å². The van der Waals surface area contributed by atoms with Crippen molar-refractivity contribution in [1.29, 1.82) is 0 Å². The van der Waals surface area contributed by atoms with Crippen molar-refractivity contribution in [1.82, 2.24) is 5.32 Å². The fourth-order valence-corrected chi connectivity index (χ4v) is 3.14. The molecule has 0 spiro atoms. The number of fused-ring (bicyclic) bond motifs is 1. The number of benzene rings is 2. The third-order valence-electron chi connectivity index (χ3n) is 4.25. The second kappa shape index (κ2) is 5.79. The summed E-state index contributed by atoms with van der Waals surface area (Å²) in [5, 5.41) is 5.60. The summed E-state index contributed by atoms with van der Waals surface area (Å²) >= 11 is 0. The minimum atomic E-state index is -0.438. The van der Waals surface area contributed by atoms with Crippen LogP contribution in [-0.2, 0) is 12.0 Å². The van der Waals surface area contributed by atoms with E-state index in [1.807, 2.05) is 19.1 Å². The second-order valence-corrected chi connectivity index (χ2v) is 5.90. The Bertz CT molecular complexity index is 701. The van der Waals surface area contributed by atoms with Crippen molar-refractivity contribution in [3.8, 4) is 0 Å². The molecule has 2 N–H and O–H groups in total. The fourth-order valence-electron chi connectivity index (χ4n) is 3.14. The summed E-state index contributed by atoms with van der Waals surface area (Å²) in [7, 11) is 0. The van der Waals surface area contributed by atoms with Gasteiger partial charge in [-0.1, -0.05) is 36.4 Å². The number of aryl methyl sites for hydroxylation is 1. The monoisotopic (exact) mass is 298 g/mol. The Balaban J connectivity index is 1.78. The van der Waals surface area contributed by atoms with Crippen LogP contribution >= 0.6 is 0 Å². The van der Waals surface area contributed by atoms with E-state index in [-0.39, 0.29) is 11.7 Å². The van der Waals surface area contributed by atoms with E-state index in [0.29, 0.717) is 0 Å². The summed E-state index contributed by atoms with van der Waals surface area (Å²) in [6.45, 7) is 2.02. The molecule has 3 rings (SSSR count). The van der Waals surface area contributed by atoms with Gasteiger partial charge < -0.3 is 10.6 Å². The molecule has 0 fully saturated rings. The van der Waals surface area contributed by atoms with Gasteiger partial charge in [0.2, 0.25) is 0 Å². The molecule has 0 aliphatic heterocycles. The van der Waals surface area contributed by atoms with E-state index < -0.39 is 11.4 Å². The smallest absolute Gasteiger partial charge is 0.320 e. The van der Waals surface area contributed by atoms with E-state index in [1.165, 1.54) is 11.6 Å². The quantitative estimate of drug-likeness (QED) is 0.857. The summed E-state index contributed by atoms with van der Waals surface area (Å²) in [6.07, 6.45) is 2.92. The van der Waals surface area contributed by atoms with Crippen LogP contribution < -0.4 is 10.6 Å². The lowest BCUT2D eigenvalue weighted by molar-refractivity contribution is 0.233. The number of carbonyl (C=O) groups is 1. The topological polar surface area (TPSA) is 41.1 Å². The summed E-state index contributed by atoms with van der Waals surface area (Å²) in [5.74, 6) is -0.438. The van der Waals surface area contributed by atoms with Crippen LogP contribution in [-0.4, -0.2) is 6.03 Å². The normalized spacial score (nSPS) is 20.1. The fraction of sp³-hybridized carbons (Fsp3) is 0.278. The van der Waals surface area contributed by atoms with Gasteiger partial charge in [0.05, 0.1) is 11.2 Å². The lowest BCUT2D eigenvalue weighted by atomic mass is 9.78. The van der Waals surface area contributed by atoms with Gasteiger partial charge in [0.25, 0.3) is 0 Å². The van der Waals surface area contributed by atoms with E-state index in [4.69, 9.17) is 0 Å². The van der Waals surface area contributed by atoms with Crippen LogP contribution in [0.3, 0.4) is 0 Å². The van der Waals surface area contributed by atoms with Crippen molar-refractivity contribution in [2.24, 2.45) is 0 Å². The first kappa shape index (κ1) is 14.6. The number of hydrogen-bond acceptors (Lipinski definition) is 1. The number of amides is 2. The SMILES string of the molecule is C[C@]1(NC(=O)Nc2ccccc2F)CCCc2ccccc21. The largest absolute Gasteiger partial charge is 0.329 e. The highest BCUT2D eigenvalue weighted by Crippen LogP contribution is 2.34. The van der Waals surface area contributed by atoms with Crippen molar-refractivity contribution in [2.75, 3.05) is 5.32 Å². The predicted molar refractivity (Wildman–Crippen MR) is 85.3 cm³/mol. The average Bonchev–Trinajstić information content (AvgIpc) is 2.50. The Morgan fingerprint density at radius 2 is 1.86 bits per heavy atom. The van der Waals surface area contributed by atoms with Gasteiger partial charge in [-0.05, 0) is 49.4 Å². The Morgan fingerprint density at radius 3 is 2.68 bits per heavy atom. The number of para-hydroxylation sites is 1. The molecular formula is C18H19FN2O. The third-order valence-corrected chi connectivity index (χ3v) is 4.25. The number of halogens is 1. The van der Waals surface area contributed by atoms with Crippen molar-refractivity contribution in [3.05, 3.63) is 65.5 Å². The first-order valence-electron chi connectivity index (χ1n) is 7.50. The number of anilines is 1. The molecule has 1 atom stereocenters. The molecule has 0 unspecified atom stereocenters. The van der Waals surface area contributed by atoms with E-state index in [1.54, 1.807) is 18.2 Å². The van der Waals surface area contributed by atoms with Crippen LogP contribution in [0.25, 0.3) is 0 Å². The van der Waals surface area contributed by atoms with Crippen LogP contribution in [0, 0.1) is 5.82 Å². The van der Waals surface area contributed by atoms with Crippen molar-refractivity contribution >= 4 is 11.7 Å². The molecule has 22 heavy (non-hydrogen) atoms. The van der Waals surface area contributed by atoms with Gasteiger partial charge in [0, 0.05) is 0 Å². The zero-order valence-corrected chi connectivity index (χ0v) is 12.5. The summed E-state index contributed by atoms with van der Waals surface area (Å²) in [4.78, 5) is 12.3. The number of nitrogens with one attached hydrogen (secondary N) is 2. The molecule has 1 aliphatic carbocycles. The van der Waals surface area contributed by atoms with E-state index in [2.05, 4.69) is 22.8 Å². The minimum Gasteiger partial charge on any atom is -0.329 e. The first-order valence-corrected chi connectivity index (χ1v) is 7.50. The minimum absolute atomic E-state index is 0.188. The number of hydrogen-bond donors (Lipinski definition) is 2. The molecule has 2 aromatic carbocycles. The Labute approximate surface area is 129 Å². The third kappa shape index (κ3) is 2.82. The number of carbonyl (C=O) groups excluding carboxylic acids is 1. The number of rotatable bonds is 2. The standard InChI is InChI=1S/C18H19FN2O/c1-18(12-6-8-13-7-2-3-9-14(13)18)21-17(22)20-16-11-5-4-10-15(16)19/h2-5,7,9-11H,6,8,12H2,1H3,(H2,20,21,22)/t18-/m0/s1. The van der Waals surface area contributed by atoms with Crippen LogP contribution in [0.15, 0.2) is 48.5 Å². The van der Waals surface area contributed by atoms with Gasteiger partial charge in [0.15, 0.2) is 0 Å². The lowest BCUT2D eigenvalue weighted by Gasteiger charge is -2.36. The second-order valence-electron chi connectivity index (χ2n) is 5.90. The Hall–Kier alpha value is -2.36. The molecule has 114 valence electrons. The molecule has 0 heterocycles. The molecule has 0 saturated heterocycles. The Morgan fingerprint density at radius 1 is 1.14 bits per heavy atom. The lowest BCUT2D eigenvalue weighted by Crippen LogP contribution is -2.47. The molecule has 3 nitrogen and oxygen atoms in total. The molecule has 4 heteroatoms. The van der Waals surface area contributed by atoms with Gasteiger partial charge in [-0.3, -0.25) is 0 Å². The average molecular weight is 298 g/mol. The Kier molecular flexibility index (Phi) is 3.84. The van der Waals surface area contributed by atoms with Gasteiger partial charge in [-0.15, -0.1) is 0 Å². The summed E-state index contributed by atoms with van der Waals surface area (Å²) in [6, 6.07) is 13.9. The van der Waals surface area contributed by atoms with E-state index in [9.17, 15) is 9.18 Å². The van der Waals surface area contributed by atoms with Crippen molar-refractivity contribution in [3.63, 3.8) is 0 Å². The zero-order valence-electron chi connectivity index (χ0n) is 12.5. The maximum Gasteiger partial charge on any atom is 0.320 e. The molecule has 1 aliphatic rings. The molecule has 2 amide bonds. The molecule has 0 radical (unpaired) electrons. The molecule has 0 saturated carbocycles. The highest BCUT2D eigenvalue weighted by Gasteiger charge is 2.33. The van der Waals surface area contributed by atoms with E-state index in [0.717, 1.165) is 24.8 Å². The number of urea groups is 1. The summed E-state index contributed by atoms with van der Waals surface area (Å²) < 4.78 is 13.6. The summed E-state index contributed by atoms with van der Waals surface area (Å²) in [5.41, 5.74) is 2.17. The first-order chi connectivity index (χ1) is 10.6. The van der Waals surface area contributed by atoms with Crippen molar-refractivity contribution < 1.29 is 9.18 Å².